The first-order valence-corrected chi connectivity index (χ1v) is 6.48. The first-order chi connectivity index (χ1) is 8.47. The van der Waals surface area contributed by atoms with Gasteiger partial charge in [-0.25, -0.2) is 0 Å². The fourth-order valence-corrected chi connectivity index (χ4v) is 2.11. The number of anilines is 2. The lowest BCUT2D eigenvalue weighted by molar-refractivity contribution is 0.102. The minimum Gasteiger partial charge on any atom is -0.396 e. The minimum absolute atomic E-state index is 0.187. The number of aryl methyl sites for hydroxylation is 1. The molecule has 0 atom stereocenters. The van der Waals surface area contributed by atoms with E-state index in [1.165, 1.54) is 4.68 Å². The highest BCUT2D eigenvalue weighted by Gasteiger charge is 2.15. The predicted molar refractivity (Wildman–Crippen MR) is 79.7 cm³/mol. The van der Waals surface area contributed by atoms with Crippen molar-refractivity contribution in [2.75, 3.05) is 11.1 Å². The van der Waals surface area contributed by atoms with E-state index < -0.39 is 0 Å². The van der Waals surface area contributed by atoms with Gasteiger partial charge in [-0.2, -0.15) is 5.10 Å². The van der Waals surface area contributed by atoms with Crippen LogP contribution in [0.2, 0.25) is 5.02 Å². The second-order valence-electron chi connectivity index (χ2n) is 3.69. The predicted octanol–water partition coefficient (Wildman–Crippen LogP) is 2.51. The Morgan fingerprint density at radius 1 is 1.56 bits per heavy atom. The van der Waals surface area contributed by atoms with Crippen LogP contribution in [0.1, 0.15) is 10.5 Å². The van der Waals surface area contributed by atoms with Gasteiger partial charge >= 0.3 is 0 Å². The summed E-state index contributed by atoms with van der Waals surface area (Å²) in [5, 5.41) is 7.15. The van der Waals surface area contributed by atoms with Gasteiger partial charge in [0.2, 0.25) is 0 Å². The maximum atomic E-state index is 12.0. The lowest BCUT2D eigenvalue weighted by Crippen LogP contribution is -2.15. The maximum absolute atomic E-state index is 12.0. The van der Waals surface area contributed by atoms with Crippen molar-refractivity contribution >= 4 is 51.5 Å². The van der Waals surface area contributed by atoms with Crippen LogP contribution >= 0.6 is 34.2 Å². The molecule has 0 saturated heterocycles. The molecule has 0 radical (unpaired) electrons. The minimum atomic E-state index is -0.378. The van der Waals surface area contributed by atoms with Crippen molar-refractivity contribution in [1.82, 2.24) is 9.78 Å². The molecule has 7 heteroatoms. The maximum Gasteiger partial charge on any atom is 0.278 e. The van der Waals surface area contributed by atoms with Gasteiger partial charge in [0.05, 0.1) is 16.4 Å². The molecule has 0 spiro atoms. The van der Waals surface area contributed by atoms with Crippen molar-refractivity contribution in [3.05, 3.63) is 38.7 Å². The number of aromatic nitrogens is 2. The monoisotopic (exact) mass is 376 g/mol. The molecule has 1 aromatic heterocycles. The molecule has 1 heterocycles. The number of benzene rings is 1. The Balaban J connectivity index is 2.26. The summed E-state index contributed by atoms with van der Waals surface area (Å²) in [5.74, 6) is -0.378. The average molecular weight is 377 g/mol. The zero-order valence-corrected chi connectivity index (χ0v) is 12.4. The normalized spacial score (nSPS) is 10.4. The summed E-state index contributed by atoms with van der Waals surface area (Å²) >= 11 is 8.14. The van der Waals surface area contributed by atoms with Gasteiger partial charge in [0.25, 0.3) is 5.91 Å². The molecule has 0 bridgehead atoms. The molecule has 0 fully saturated rings. The molecular formula is C11H10ClIN4O. The fraction of sp³-hybridized carbons (Fsp3) is 0.0909. The Hall–Kier alpha value is -1.28. The summed E-state index contributed by atoms with van der Waals surface area (Å²) < 4.78 is 2.46. The number of nitrogens with one attached hydrogen (secondary N) is 1. The number of carbonyl (C=O) groups excluding carboxylic acids is 1. The van der Waals surface area contributed by atoms with Crippen molar-refractivity contribution in [2.45, 2.75) is 0 Å². The van der Waals surface area contributed by atoms with Crippen LogP contribution < -0.4 is 11.1 Å². The fourth-order valence-electron chi connectivity index (χ4n) is 1.46. The van der Waals surface area contributed by atoms with Crippen LogP contribution in [-0.4, -0.2) is 15.7 Å². The molecule has 18 heavy (non-hydrogen) atoms. The molecule has 0 saturated carbocycles. The van der Waals surface area contributed by atoms with E-state index in [2.05, 4.69) is 33.0 Å². The van der Waals surface area contributed by atoms with Gasteiger partial charge in [0.1, 0.15) is 0 Å². The molecule has 1 aromatic carbocycles. The van der Waals surface area contributed by atoms with E-state index in [1.54, 1.807) is 25.4 Å². The smallest absolute Gasteiger partial charge is 0.278 e. The number of rotatable bonds is 2. The Morgan fingerprint density at radius 3 is 2.89 bits per heavy atom. The van der Waals surface area contributed by atoms with Gasteiger partial charge in [-0.3, -0.25) is 9.48 Å². The third-order valence-corrected chi connectivity index (χ3v) is 3.25. The van der Waals surface area contributed by atoms with Crippen LogP contribution in [-0.2, 0) is 7.05 Å². The van der Waals surface area contributed by atoms with E-state index in [4.69, 9.17) is 17.3 Å². The van der Waals surface area contributed by atoms with Crippen LogP contribution in [0.3, 0.4) is 0 Å². The largest absolute Gasteiger partial charge is 0.396 e. The number of halogens is 2. The Bertz CT molecular complexity index is 611. The van der Waals surface area contributed by atoms with Crippen molar-refractivity contribution < 1.29 is 4.79 Å². The van der Waals surface area contributed by atoms with Crippen LogP contribution in [0, 0.1) is 3.57 Å². The number of amides is 1. The third kappa shape index (κ3) is 2.75. The van der Waals surface area contributed by atoms with E-state index in [0.717, 1.165) is 3.57 Å². The van der Waals surface area contributed by atoms with E-state index >= 15 is 0 Å². The molecule has 0 aliphatic heterocycles. The lowest BCUT2D eigenvalue weighted by Gasteiger charge is -2.06. The van der Waals surface area contributed by atoms with Gasteiger partial charge in [-0.1, -0.05) is 11.6 Å². The summed E-state index contributed by atoms with van der Waals surface area (Å²) in [4.78, 5) is 12.0. The topological polar surface area (TPSA) is 72.9 Å². The lowest BCUT2D eigenvalue weighted by atomic mass is 10.3. The molecule has 3 N–H and O–H groups in total. The van der Waals surface area contributed by atoms with E-state index in [0.29, 0.717) is 16.4 Å². The number of hydrogen-bond acceptors (Lipinski definition) is 3. The molecule has 0 unspecified atom stereocenters. The number of hydrogen-bond donors (Lipinski definition) is 2. The molecular weight excluding hydrogens is 367 g/mol. The van der Waals surface area contributed by atoms with E-state index in [-0.39, 0.29) is 11.6 Å². The summed E-state index contributed by atoms with van der Waals surface area (Å²) in [6.07, 6.45) is 1.57. The van der Waals surface area contributed by atoms with Gasteiger partial charge in [-0.05, 0) is 40.8 Å². The second-order valence-corrected chi connectivity index (χ2v) is 5.34. The van der Waals surface area contributed by atoms with Crippen molar-refractivity contribution in [1.29, 1.82) is 0 Å². The van der Waals surface area contributed by atoms with Gasteiger partial charge in [-0.15, -0.1) is 0 Å². The number of carbonyl (C=O) groups is 1. The standard InChI is InChI=1S/C11H10ClIN4O/c1-17-5-8(14)10(16-17)11(18)15-9-4-6(13)2-3-7(9)12/h2-5H,14H2,1H3,(H,15,18). The van der Waals surface area contributed by atoms with Crippen molar-refractivity contribution in [3.63, 3.8) is 0 Å². The Morgan fingerprint density at radius 2 is 2.28 bits per heavy atom. The molecule has 2 aromatic rings. The Kier molecular flexibility index (Phi) is 3.76. The summed E-state index contributed by atoms with van der Waals surface area (Å²) in [6.45, 7) is 0. The van der Waals surface area contributed by atoms with Crippen molar-refractivity contribution in [3.8, 4) is 0 Å². The molecule has 0 aliphatic rings. The van der Waals surface area contributed by atoms with Crippen LogP contribution in [0.4, 0.5) is 11.4 Å². The molecule has 1 amide bonds. The van der Waals surface area contributed by atoms with Gasteiger partial charge in [0, 0.05) is 16.8 Å². The van der Waals surface area contributed by atoms with Crippen molar-refractivity contribution in [2.24, 2.45) is 7.05 Å². The third-order valence-electron chi connectivity index (χ3n) is 2.25. The second kappa shape index (κ2) is 5.15. The average Bonchev–Trinajstić information content (AvgIpc) is 2.63. The van der Waals surface area contributed by atoms with Gasteiger partial charge in [0.15, 0.2) is 5.69 Å². The van der Waals surface area contributed by atoms with Crippen LogP contribution in [0.25, 0.3) is 0 Å². The highest BCUT2D eigenvalue weighted by atomic mass is 127. The first kappa shape index (κ1) is 13.2. The highest BCUT2D eigenvalue weighted by Crippen LogP contribution is 2.24. The number of nitrogen functional groups attached to an aromatic ring is 1. The summed E-state index contributed by atoms with van der Waals surface area (Å²) in [6, 6.07) is 5.36. The zero-order valence-electron chi connectivity index (χ0n) is 9.45. The van der Waals surface area contributed by atoms with Gasteiger partial charge < -0.3 is 11.1 Å². The van der Waals surface area contributed by atoms with E-state index in [1.807, 2.05) is 6.07 Å². The summed E-state index contributed by atoms with van der Waals surface area (Å²) in [5.41, 5.74) is 6.74. The first-order valence-electron chi connectivity index (χ1n) is 5.03. The zero-order chi connectivity index (χ0) is 13.3. The van der Waals surface area contributed by atoms with Crippen LogP contribution in [0.15, 0.2) is 24.4 Å². The molecule has 5 nitrogen and oxygen atoms in total. The number of nitrogens with zero attached hydrogens (tertiary/aromatic N) is 2. The molecule has 2 rings (SSSR count). The SMILES string of the molecule is Cn1cc(N)c(C(=O)Nc2cc(I)ccc2Cl)n1. The number of nitrogens with two attached hydrogens (primary N) is 1. The van der Waals surface area contributed by atoms with E-state index in [9.17, 15) is 4.79 Å². The highest BCUT2D eigenvalue weighted by molar-refractivity contribution is 14.1. The molecule has 0 aliphatic carbocycles. The molecule has 94 valence electrons. The summed E-state index contributed by atoms with van der Waals surface area (Å²) in [7, 11) is 1.70. The Labute approximate surface area is 122 Å². The quantitative estimate of drug-likeness (QED) is 0.791. The van der Waals surface area contributed by atoms with Crippen LogP contribution in [0.5, 0.6) is 0 Å².